The van der Waals surface area contributed by atoms with E-state index in [2.05, 4.69) is 16.6 Å². The Labute approximate surface area is 200 Å². The van der Waals surface area contributed by atoms with Gasteiger partial charge >= 0.3 is 0 Å². The highest BCUT2D eigenvalue weighted by molar-refractivity contribution is 8.14. The molecule has 3 aliphatic rings. The average Bonchev–Trinajstić information content (AvgIpc) is 3.42. The Bertz CT molecular complexity index is 1090. The van der Waals surface area contributed by atoms with Gasteiger partial charge in [0.05, 0.1) is 15.9 Å². The third-order valence-corrected chi connectivity index (χ3v) is 6.85. The molecule has 1 amide bonds. The summed E-state index contributed by atoms with van der Waals surface area (Å²) in [5, 5.41) is 12.2. The number of likely N-dealkylation sites (tertiary alicyclic amines) is 1. The second-order valence-corrected chi connectivity index (χ2v) is 8.90. The quantitative estimate of drug-likeness (QED) is 0.333. The lowest BCUT2D eigenvalue weighted by Crippen LogP contribution is -2.36. The van der Waals surface area contributed by atoms with Gasteiger partial charge in [-0.05, 0) is 36.9 Å². The molecule has 13 heteroatoms. The molecule has 0 aromatic heterocycles. The van der Waals surface area contributed by atoms with Gasteiger partial charge in [-0.1, -0.05) is 6.58 Å². The molecule has 0 spiro atoms. The van der Waals surface area contributed by atoms with E-state index in [1.54, 1.807) is 11.0 Å². The third-order valence-electron chi connectivity index (χ3n) is 5.80. The molecule has 12 nitrogen and oxygen atoms in total. The molecular formula is C21H25N7O5S. The average molecular weight is 488 g/mol. The van der Waals surface area contributed by atoms with Gasteiger partial charge in [0.25, 0.3) is 5.69 Å². The van der Waals surface area contributed by atoms with Gasteiger partial charge in [-0.25, -0.2) is 9.98 Å². The van der Waals surface area contributed by atoms with Crippen molar-refractivity contribution in [2.45, 2.75) is 24.2 Å². The normalized spacial score (nSPS) is 18.9. The number of hydrogen-bond donors (Lipinski definition) is 2. The van der Waals surface area contributed by atoms with Gasteiger partial charge in [-0.3, -0.25) is 14.9 Å². The monoisotopic (exact) mass is 487 g/mol. The standard InChI is InChI=1S/C21H25N7O5S/c1-2-24-20-18(19(22)23)25-21(27(20)8-5-13-3-6-26(11-29)7-4-13)34-17-10-16-15(32-12-33-16)9-14(17)28(30)31/h2,9-11,13H,1,3-8,12,22-23H2/b24-20+. The molecule has 1 saturated heterocycles. The number of thioether (sulfide) groups is 1. The second-order valence-electron chi connectivity index (χ2n) is 7.89. The lowest BCUT2D eigenvalue weighted by Gasteiger charge is -2.30. The Morgan fingerprint density at radius 3 is 2.65 bits per heavy atom. The number of carbonyl (C=O) groups is 1. The van der Waals surface area contributed by atoms with E-state index >= 15 is 0 Å². The Kier molecular flexibility index (Phi) is 6.91. The van der Waals surface area contributed by atoms with Crippen LogP contribution in [0.4, 0.5) is 5.69 Å². The predicted molar refractivity (Wildman–Crippen MR) is 127 cm³/mol. The van der Waals surface area contributed by atoms with Crippen LogP contribution in [-0.4, -0.2) is 58.6 Å². The lowest BCUT2D eigenvalue weighted by atomic mass is 9.93. The minimum Gasteiger partial charge on any atom is -0.454 e. The molecule has 4 N–H and O–H groups in total. The maximum absolute atomic E-state index is 11.7. The molecular weight excluding hydrogens is 462 g/mol. The van der Waals surface area contributed by atoms with Gasteiger partial charge in [-0.2, -0.15) is 0 Å². The summed E-state index contributed by atoms with van der Waals surface area (Å²) in [7, 11) is 0. The summed E-state index contributed by atoms with van der Waals surface area (Å²) in [5.74, 6) is 1.58. The fourth-order valence-corrected chi connectivity index (χ4v) is 5.03. The number of amides is 1. The number of ether oxygens (including phenoxy) is 2. The number of nitrogens with two attached hydrogens (primary N) is 2. The van der Waals surface area contributed by atoms with Crippen LogP contribution in [0.5, 0.6) is 11.5 Å². The zero-order valence-electron chi connectivity index (χ0n) is 18.4. The number of aliphatic imine (C=N–C) groups is 2. The van der Waals surface area contributed by atoms with Crippen LogP contribution in [0, 0.1) is 16.0 Å². The molecule has 34 heavy (non-hydrogen) atoms. The number of carbonyl (C=O) groups excluding carboxylic acids is 1. The van der Waals surface area contributed by atoms with E-state index in [0.29, 0.717) is 45.6 Å². The second kappa shape index (κ2) is 10.0. The summed E-state index contributed by atoms with van der Waals surface area (Å²) in [6.07, 6.45) is 4.86. The first-order valence-electron chi connectivity index (χ1n) is 10.7. The fraction of sp³-hybridized carbons (Fsp3) is 0.381. The van der Waals surface area contributed by atoms with Gasteiger partial charge in [0.1, 0.15) is 11.5 Å². The van der Waals surface area contributed by atoms with E-state index in [0.717, 1.165) is 50.5 Å². The predicted octanol–water partition coefficient (Wildman–Crippen LogP) is 1.97. The smallest absolute Gasteiger partial charge is 0.287 e. The largest absolute Gasteiger partial charge is 0.454 e. The highest BCUT2D eigenvalue weighted by Gasteiger charge is 2.34. The van der Waals surface area contributed by atoms with Gasteiger partial charge < -0.3 is 30.7 Å². The van der Waals surface area contributed by atoms with E-state index < -0.39 is 4.92 Å². The minimum absolute atomic E-state index is 0.00331. The van der Waals surface area contributed by atoms with Crippen molar-refractivity contribution in [3.63, 3.8) is 0 Å². The van der Waals surface area contributed by atoms with Crippen LogP contribution >= 0.6 is 11.8 Å². The van der Waals surface area contributed by atoms with Crippen molar-refractivity contribution >= 4 is 34.9 Å². The molecule has 1 aromatic rings. The number of piperidine rings is 1. The molecule has 3 aliphatic heterocycles. The molecule has 4 rings (SSSR count). The van der Waals surface area contributed by atoms with Gasteiger partial charge in [0.2, 0.25) is 13.2 Å². The lowest BCUT2D eigenvalue weighted by molar-refractivity contribution is -0.387. The number of hydrogen-bond acceptors (Lipinski definition) is 10. The topological polar surface area (TPSA) is 162 Å². The van der Waals surface area contributed by atoms with Crippen LogP contribution in [-0.2, 0) is 4.79 Å². The molecule has 0 bridgehead atoms. The van der Waals surface area contributed by atoms with Gasteiger partial charge in [0.15, 0.2) is 22.5 Å². The molecule has 180 valence electrons. The highest BCUT2D eigenvalue weighted by Crippen LogP contribution is 2.43. The van der Waals surface area contributed by atoms with Crippen molar-refractivity contribution in [1.29, 1.82) is 0 Å². The van der Waals surface area contributed by atoms with Crippen LogP contribution in [0.1, 0.15) is 19.3 Å². The Hall–Kier alpha value is -3.74. The van der Waals surface area contributed by atoms with Crippen molar-refractivity contribution in [1.82, 2.24) is 9.80 Å². The number of fused-ring (bicyclic) bond motifs is 1. The van der Waals surface area contributed by atoms with Crippen LogP contribution in [0.25, 0.3) is 0 Å². The molecule has 0 unspecified atom stereocenters. The fourth-order valence-electron chi connectivity index (χ4n) is 4.01. The maximum atomic E-state index is 11.7. The van der Waals surface area contributed by atoms with E-state index in [1.165, 1.54) is 12.3 Å². The molecule has 0 aliphatic carbocycles. The molecule has 0 radical (unpaired) electrons. The summed E-state index contributed by atoms with van der Waals surface area (Å²) in [6.45, 7) is 5.66. The number of nitro groups is 1. The van der Waals surface area contributed by atoms with Crippen LogP contribution in [0.15, 0.2) is 51.3 Å². The first-order chi connectivity index (χ1) is 16.4. The van der Waals surface area contributed by atoms with Crippen LogP contribution in [0.2, 0.25) is 0 Å². The van der Waals surface area contributed by atoms with Crippen molar-refractivity contribution in [2.75, 3.05) is 26.4 Å². The zero-order valence-corrected chi connectivity index (χ0v) is 19.2. The molecule has 1 fully saturated rings. The summed E-state index contributed by atoms with van der Waals surface area (Å²) in [5.41, 5.74) is 11.9. The first-order valence-corrected chi connectivity index (χ1v) is 11.5. The van der Waals surface area contributed by atoms with E-state index in [-0.39, 0.29) is 18.3 Å². The molecule has 3 heterocycles. The Morgan fingerprint density at radius 2 is 2.03 bits per heavy atom. The number of benzene rings is 1. The summed E-state index contributed by atoms with van der Waals surface area (Å²) >= 11 is 1.11. The maximum Gasteiger partial charge on any atom is 0.287 e. The zero-order chi connectivity index (χ0) is 24.2. The van der Waals surface area contributed by atoms with Gasteiger partial charge in [0, 0.05) is 31.9 Å². The van der Waals surface area contributed by atoms with Crippen LogP contribution < -0.4 is 20.9 Å². The number of amidine groups is 2. The van der Waals surface area contributed by atoms with E-state index in [9.17, 15) is 14.9 Å². The number of nitro benzene ring substituents is 1. The van der Waals surface area contributed by atoms with Crippen molar-refractivity contribution < 1.29 is 19.2 Å². The highest BCUT2D eigenvalue weighted by atomic mass is 32.2. The SMILES string of the molecule is C=C/N=C1\C(=C(N)N)N=C(Sc2cc3c(cc2[N+](=O)[O-])OCO3)N1CCC1CCN(C=O)CC1. The van der Waals surface area contributed by atoms with E-state index in [1.807, 2.05) is 4.90 Å². The van der Waals surface area contributed by atoms with E-state index in [4.69, 9.17) is 20.9 Å². The first kappa shape index (κ1) is 23.4. The molecule has 0 atom stereocenters. The Morgan fingerprint density at radius 1 is 1.32 bits per heavy atom. The summed E-state index contributed by atoms with van der Waals surface area (Å²) in [6, 6.07) is 2.91. The van der Waals surface area contributed by atoms with Crippen molar-refractivity contribution in [2.24, 2.45) is 27.4 Å². The number of rotatable bonds is 7. The molecule has 1 aromatic carbocycles. The van der Waals surface area contributed by atoms with Crippen LogP contribution in [0.3, 0.4) is 0 Å². The van der Waals surface area contributed by atoms with Crippen molar-refractivity contribution in [3.05, 3.63) is 46.5 Å². The summed E-state index contributed by atoms with van der Waals surface area (Å²) in [4.78, 5) is 35.1. The van der Waals surface area contributed by atoms with Gasteiger partial charge in [-0.15, -0.1) is 0 Å². The summed E-state index contributed by atoms with van der Waals surface area (Å²) < 4.78 is 10.7. The third kappa shape index (κ3) is 4.78. The minimum atomic E-state index is -0.474. The van der Waals surface area contributed by atoms with Crippen molar-refractivity contribution in [3.8, 4) is 11.5 Å². The Balaban J connectivity index is 1.61. The molecule has 0 saturated carbocycles. The number of nitrogens with zero attached hydrogens (tertiary/aromatic N) is 5.